The van der Waals surface area contributed by atoms with E-state index in [9.17, 15) is 4.79 Å². The number of oxazole rings is 1. The van der Waals surface area contributed by atoms with E-state index in [1.165, 1.54) is 6.39 Å². The second-order valence-electron chi connectivity index (χ2n) is 7.73. The van der Waals surface area contributed by atoms with Gasteiger partial charge in [-0.3, -0.25) is 4.79 Å². The van der Waals surface area contributed by atoms with Crippen LogP contribution in [0.1, 0.15) is 56.2 Å². The van der Waals surface area contributed by atoms with Gasteiger partial charge in [0.05, 0.1) is 6.04 Å². The molecule has 0 saturated carbocycles. The second-order valence-corrected chi connectivity index (χ2v) is 7.73. The SMILES string of the molecule is CCN(C(=O)c1ncoc1C)C1CCN(c2ccnc(C(C)(C)C)n2)C1. The highest BCUT2D eigenvalue weighted by molar-refractivity contribution is 5.93. The number of rotatable bonds is 4. The first-order valence-corrected chi connectivity index (χ1v) is 9.10. The lowest BCUT2D eigenvalue weighted by molar-refractivity contribution is 0.0698. The lowest BCUT2D eigenvalue weighted by Crippen LogP contribution is -2.42. The van der Waals surface area contributed by atoms with Crippen LogP contribution in [0.4, 0.5) is 5.82 Å². The summed E-state index contributed by atoms with van der Waals surface area (Å²) in [5.41, 5.74) is 0.313. The first kappa shape index (κ1) is 18.4. The van der Waals surface area contributed by atoms with Crippen molar-refractivity contribution in [3.8, 4) is 0 Å². The van der Waals surface area contributed by atoms with Crippen LogP contribution in [0.25, 0.3) is 0 Å². The number of likely N-dealkylation sites (N-methyl/N-ethyl adjacent to an activating group) is 1. The summed E-state index contributed by atoms with van der Waals surface area (Å²) in [6.45, 7) is 12.4. The number of hydrogen-bond acceptors (Lipinski definition) is 6. The fourth-order valence-electron chi connectivity index (χ4n) is 3.31. The molecule has 0 N–H and O–H groups in total. The van der Waals surface area contributed by atoms with Gasteiger partial charge in [0, 0.05) is 31.2 Å². The summed E-state index contributed by atoms with van der Waals surface area (Å²) in [6.07, 6.45) is 4.05. The Morgan fingerprint density at radius 3 is 2.77 bits per heavy atom. The topological polar surface area (TPSA) is 75.4 Å². The van der Waals surface area contributed by atoms with Gasteiger partial charge in [-0.05, 0) is 26.3 Å². The number of nitrogens with zero attached hydrogens (tertiary/aromatic N) is 5. The Morgan fingerprint density at radius 1 is 1.38 bits per heavy atom. The standard InChI is InChI=1S/C19H27N5O2/c1-6-24(17(25)16-13(2)26-12-21-16)14-8-10-23(11-14)15-7-9-20-18(22-15)19(3,4)5/h7,9,12,14H,6,8,10-11H2,1-5H3. The van der Waals surface area contributed by atoms with Crippen LogP contribution >= 0.6 is 0 Å². The highest BCUT2D eigenvalue weighted by atomic mass is 16.3. The van der Waals surface area contributed by atoms with Gasteiger partial charge >= 0.3 is 0 Å². The van der Waals surface area contributed by atoms with Crippen LogP contribution in [0.2, 0.25) is 0 Å². The van der Waals surface area contributed by atoms with Crippen molar-refractivity contribution in [2.24, 2.45) is 0 Å². The van der Waals surface area contributed by atoms with Crippen LogP contribution in [0.15, 0.2) is 23.1 Å². The van der Waals surface area contributed by atoms with Gasteiger partial charge in [-0.15, -0.1) is 0 Å². The highest BCUT2D eigenvalue weighted by Gasteiger charge is 2.33. The van der Waals surface area contributed by atoms with Crippen molar-refractivity contribution in [2.45, 2.75) is 52.5 Å². The molecule has 1 fully saturated rings. The lowest BCUT2D eigenvalue weighted by atomic mass is 9.96. The normalized spacial score (nSPS) is 17.6. The van der Waals surface area contributed by atoms with Crippen LogP contribution in [0, 0.1) is 6.92 Å². The third kappa shape index (κ3) is 3.57. The van der Waals surface area contributed by atoms with E-state index in [1.54, 1.807) is 6.92 Å². The molecule has 3 rings (SSSR count). The maximum absolute atomic E-state index is 12.8. The highest BCUT2D eigenvalue weighted by Crippen LogP contribution is 2.25. The number of amides is 1. The fraction of sp³-hybridized carbons (Fsp3) is 0.579. The molecule has 3 heterocycles. The van der Waals surface area contributed by atoms with Gasteiger partial charge in [0.2, 0.25) is 0 Å². The molecular weight excluding hydrogens is 330 g/mol. The molecule has 1 aliphatic heterocycles. The largest absolute Gasteiger partial charge is 0.448 e. The van der Waals surface area contributed by atoms with Gasteiger partial charge in [0.1, 0.15) is 17.4 Å². The van der Waals surface area contributed by atoms with Crippen LogP contribution < -0.4 is 4.90 Å². The molecule has 26 heavy (non-hydrogen) atoms. The van der Waals surface area contributed by atoms with Gasteiger partial charge < -0.3 is 14.2 Å². The Morgan fingerprint density at radius 2 is 2.15 bits per heavy atom. The summed E-state index contributed by atoms with van der Waals surface area (Å²) in [5, 5.41) is 0. The molecule has 1 unspecified atom stereocenters. The third-order valence-corrected chi connectivity index (χ3v) is 4.79. The summed E-state index contributed by atoms with van der Waals surface area (Å²) in [5.74, 6) is 2.26. The minimum Gasteiger partial charge on any atom is -0.448 e. The van der Waals surface area contributed by atoms with Crippen molar-refractivity contribution >= 4 is 11.7 Å². The van der Waals surface area contributed by atoms with Gasteiger partial charge in [0.25, 0.3) is 5.91 Å². The average molecular weight is 357 g/mol. The van der Waals surface area contributed by atoms with E-state index >= 15 is 0 Å². The molecule has 0 bridgehead atoms. The quantitative estimate of drug-likeness (QED) is 0.837. The molecule has 140 valence electrons. The van der Waals surface area contributed by atoms with E-state index in [1.807, 2.05) is 24.1 Å². The Hall–Kier alpha value is -2.44. The van der Waals surface area contributed by atoms with Crippen LogP contribution in [-0.4, -0.2) is 51.4 Å². The van der Waals surface area contributed by atoms with E-state index in [2.05, 4.69) is 35.6 Å². The monoisotopic (exact) mass is 357 g/mol. The molecule has 7 nitrogen and oxygen atoms in total. The lowest BCUT2D eigenvalue weighted by Gasteiger charge is -2.28. The first-order valence-electron chi connectivity index (χ1n) is 9.10. The molecule has 2 aromatic rings. The minimum absolute atomic E-state index is 0.0660. The van der Waals surface area contributed by atoms with Crippen molar-refractivity contribution in [2.75, 3.05) is 24.5 Å². The van der Waals surface area contributed by atoms with Crippen molar-refractivity contribution in [3.63, 3.8) is 0 Å². The van der Waals surface area contributed by atoms with E-state index in [0.717, 1.165) is 31.2 Å². The number of anilines is 1. The number of carbonyl (C=O) groups is 1. The molecule has 1 saturated heterocycles. The van der Waals surface area contributed by atoms with Crippen molar-refractivity contribution in [1.82, 2.24) is 19.9 Å². The van der Waals surface area contributed by atoms with E-state index in [-0.39, 0.29) is 17.4 Å². The Bertz CT molecular complexity index is 780. The van der Waals surface area contributed by atoms with Crippen LogP contribution in [0.3, 0.4) is 0 Å². The van der Waals surface area contributed by atoms with Crippen molar-refractivity contribution in [3.05, 3.63) is 35.9 Å². The summed E-state index contributed by atoms with van der Waals surface area (Å²) < 4.78 is 5.19. The van der Waals surface area contributed by atoms with Gasteiger partial charge in [-0.25, -0.2) is 15.0 Å². The average Bonchev–Trinajstić information content (AvgIpc) is 3.24. The molecule has 0 spiro atoms. The zero-order valence-corrected chi connectivity index (χ0v) is 16.2. The van der Waals surface area contributed by atoms with E-state index < -0.39 is 0 Å². The predicted molar refractivity (Wildman–Crippen MR) is 99.3 cm³/mol. The van der Waals surface area contributed by atoms with Crippen LogP contribution in [0.5, 0.6) is 0 Å². The maximum atomic E-state index is 12.8. The van der Waals surface area contributed by atoms with Crippen LogP contribution in [-0.2, 0) is 5.41 Å². The second kappa shape index (κ2) is 7.05. The zero-order valence-electron chi connectivity index (χ0n) is 16.2. The number of hydrogen-bond donors (Lipinski definition) is 0. The number of aromatic nitrogens is 3. The molecule has 1 aliphatic rings. The number of aryl methyl sites for hydroxylation is 1. The van der Waals surface area contributed by atoms with E-state index in [0.29, 0.717) is 18.0 Å². The number of carbonyl (C=O) groups excluding carboxylic acids is 1. The smallest absolute Gasteiger partial charge is 0.276 e. The molecule has 1 atom stereocenters. The molecular formula is C19H27N5O2. The summed E-state index contributed by atoms with van der Waals surface area (Å²) in [7, 11) is 0. The van der Waals surface area contributed by atoms with Crippen molar-refractivity contribution < 1.29 is 9.21 Å². The Balaban J connectivity index is 1.75. The molecule has 7 heteroatoms. The van der Waals surface area contributed by atoms with Gasteiger partial charge in [-0.2, -0.15) is 0 Å². The predicted octanol–water partition coefficient (Wildman–Crippen LogP) is 2.81. The molecule has 0 aromatic carbocycles. The van der Waals surface area contributed by atoms with Gasteiger partial charge in [0.15, 0.2) is 12.1 Å². The first-order chi connectivity index (χ1) is 12.3. The Labute approximate surface area is 154 Å². The zero-order chi connectivity index (χ0) is 18.9. The summed E-state index contributed by atoms with van der Waals surface area (Å²) >= 11 is 0. The van der Waals surface area contributed by atoms with Gasteiger partial charge in [-0.1, -0.05) is 20.8 Å². The fourth-order valence-corrected chi connectivity index (χ4v) is 3.31. The third-order valence-electron chi connectivity index (χ3n) is 4.79. The molecule has 1 amide bonds. The minimum atomic E-state index is -0.0922. The summed E-state index contributed by atoms with van der Waals surface area (Å²) in [4.78, 5) is 30.2. The van der Waals surface area contributed by atoms with E-state index in [4.69, 9.17) is 9.40 Å². The Kier molecular flexibility index (Phi) is 4.98. The molecule has 0 radical (unpaired) electrons. The maximum Gasteiger partial charge on any atom is 0.276 e. The van der Waals surface area contributed by atoms with Crippen molar-refractivity contribution in [1.29, 1.82) is 0 Å². The molecule has 2 aromatic heterocycles. The molecule has 0 aliphatic carbocycles. The summed E-state index contributed by atoms with van der Waals surface area (Å²) in [6, 6.07) is 2.08.